The second-order valence-corrected chi connectivity index (χ2v) is 6.19. The van der Waals surface area contributed by atoms with Gasteiger partial charge in [0, 0.05) is 35.3 Å². The highest BCUT2D eigenvalue weighted by Gasteiger charge is 2.18. The maximum atomic E-state index is 12.1. The molecule has 19 heavy (non-hydrogen) atoms. The highest BCUT2D eigenvalue weighted by atomic mass is 127. The van der Waals surface area contributed by atoms with Gasteiger partial charge in [-0.1, -0.05) is 6.07 Å². The minimum absolute atomic E-state index is 0.137. The number of piperazine rings is 1. The van der Waals surface area contributed by atoms with Crippen molar-refractivity contribution >= 4 is 45.8 Å². The Morgan fingerprint density at radius 1 is 1.32 bits per heavy atom. The Labute approximate surface area is 132 Å². The first kappa shape index (κ1) is 14.7. The summed E-state index contributed by atoms with van der Waals surface area (Å²) in [6.07, 6.45) is 0. The Morgan fingerprint density at radius 3 is 2.63 bits per heavy atom. The van der Waals surface area contributed by atoms with E-state index in [1.54, 1.807) is 6.07 Å². The van der Waals surface area contributed by atoms with Gasteiger partial charge < -0.3 is 9.80 Å². The van der Waals surface area contributed by atoms with Crippen LogP contribution in [0.2, 0.25) is 0 Å². The first-order valence-corrected chi connectivity index (χ1v) is 7.59. The predicted molar refractivity (Wildman–Crippen MR) is 88.3 cm³/mol. The number of rotatable bonds is 1. The molecule has 1 aromatic carbocycles. The Morgan fingerprint density at radius 2 is 2.00 bits per heavy atom. The zero-order valence-electron chi connectivity index (χ0n) is 10.7. The summed E-state index contributed by atoms with van der Waals surface area (Å²) in [5, 5.41) is 3.33. The summed E-state index contributed by atoms with van der Waals surface area (Å²) in [7, 11) is 2.09. The summed E-state index contributed by atoms with van der Waals surface area (Å²) in [5.41, 5.74) is 0.642. The molecule has 0 saturated carbocycles. The van der Waals surface area contributed by atoms with Crippen LogP contribution >= 0.6 is 34.8 Å². The summed E-state index contributed by atoms with van der Waals surface area (Å²) in [6.45, 7) is 3.67. The van der Waals surface area contributed by atoms with Crippen molar-refractivity contribution in [2.75, 3.05) is 33.2 Å². The van der Waals surface area contributed by atoms with E-state index in [0.717, 1.165) is 29.7 Å². The van der Waals surface area contributed by atoms with Crippen LogP contribution in [-0.2, 0) is 0 Å². The van der Waals surface area contributed by atoms with Gasteiger partial charge in [-0.15, -0.1) is 0 Å². The zero-order chi connectivity index (χ0) is 13.8. The van der Waals surface area contributed by atoms with E-state index in [1.807, 2.05) is 23.1 Å². The molecule has 6 heteroatoms. The van der Waals surface area contributed by atoms with Crippen molar-refractivity contribution in [2.45, 2.75) is 0 Å². The molecule has 0 spiro atoms. The molecule has 1 saturated heterocycles. The van der Waals surface area contributed by atoms with Gasteiger partial charge >= 0.3 is 0 Å². The van der Waals surface area contributed by atoms with Gasteiger partial charge in [0.25, 0.3) is 5.91 Å². The molecule has 0 atom stereocenters. The molecule has 4 nitrogen and oxygen atoms in total. The monoisotopic (exact) mass is 389 g/mol. The molecule has 1 heterocycles. The van der Waals surface area contributed by atoms with E-state index in [4.69, 9.17) is 12.2 Å². The lowest BCUT2D eigenvalue weighted by Crippen LogP contribution is -2.51. The molecule has 0 unspecified atom stereocenters. The third-order valence-corrected chi connectivity index (χ3v) is 4.13. The fourth-order valence-corrected chi connectivity index (χ4v) is 2.71. The first-order chi connectivity index (χ1) is 9.06. The maximum absolute atomic E-state index is 12.1. The number of carbonyl (C=O) groups is 1. The van der Waals surface area contributed by atoms with Crippen LogP contribution in [0.3, 0.4) is 0 Å². The lowest BCUT2D eigenvalue weighted by atomic mass is 10.2. The molecule has 102 valence electrons. The van der Waals surface area contributed by atoms with Crippen molar-refractivity contribution in [3.8, 4) is 0 Å². The Balaban J connectivity index is 1.93. The quantitative estimate of drug-likeness (QED) is 0.584. The fourth-order valence-electron chi connectivity index (χ4n) is 1.89. The molecule has 1 aliphatic rings. The molecule has 0 aromatic heterocycles. The van der Waals surface area contributed by atoms with Crippen LogP contribution in [0.4, 0.5) is 0 Å². The highest BCUT2D eigenvalue weighted by molar-refractivity contribution is 14.1. The number of hydrogen-bond acceptors (Lipinski definition) is 3. The third kappa shape index (κ3) is 4.12. The van der Waals surface area contributed by atoms with Gasteiger partial charge in [0.05, 0.1) is 0 Å². The lowest BCUT2D eigenvalue weighted by molar-refractivity contribution is 0.0970. The number of nitrogens with one attached hydrogen (secondary N) is 1. The fraction of sp³-hybridized carbons (Fsp3) is 0.385. The molecule has 1 amide bonds. The number of hydrogen-bond donors (Lipinski definition) is 1. The van der Waals surface area contributed by atoms with Crippen molar-refractivity contribution in [2.24, 2.45) is 0 Å². The van der Waals surface area contributed by atoms with Crippen LogP contribution in [0.15, 0.2) is 24.3 Å². The minimum Gasteiger partial charge on any atom is -0.346 e. The summed E-state index contributed by atoms with van der Waals surface area (Å²) < 4.78 is 1.04. The summed E-state index contributed by atoms with van der Waals surface area (Å²) >= 11 is 7.48. The van der Waals surface area contributed by atoms with Gasteiger partial charge in [0.2, 0.25) is 0 Å². The molecule has 0 bridgehead atoms. The second kappa shape index (κ2) is 6.62. The van der Waals surface area contributed by atoms with Crippen molar-refractivity contribution in [1.82, 2.24) is 15.1 Å². The molecule has 0 radical (unpaired) electrons. The van der Waals surface area contributed by atoms with Crippen LogP contribution in [0.5, 0.6) is 0 Å². The number of thiocarbonyl (C=S) groups is 1. The standard InChI is InChI=1S/C13H16IN3OS/c1-16-5-7-17(8-6-16)13(19)15-12(18)10-3-2-4-11(14)9-10/h2-4,9H,5-8H2,1H3,(H,15,18,19). The van der Waals surface area contributed by atoms with Gasteiger partial charge in [-0.3, -0.25) is 10.1 Å². The molecule has 1 aromatic rings. The molecule has 2 rings (SSSR count). The number of benzene rings is 1. The summed E-state index contributed by atoms with van der Waals surface area (Å²) in [4.78, 5) is 16.4. The van der Waals surface area contributed by atoms with Crippen LogP contribution in [0, 0.1) is 3.57 Å². The smallest absolute Gasteiger partial charge is 0.257 e. The van der Waals surface area contributed by atoms with E-state index in [-0.39, 0.29) is 5.91 Å². The van der Waals surface area contributed by atoms with Crippen LogP contribution in [0.25, 0.3) is 0 Å². The van der Waals surface area contributed by atoms with Crippen LogP contribution in [-0.4, -0.2) is 54.0 Å². The number of nitrogens with zero attached hydrogens (tertiary/aromatic N) is 2. The summed E-state index contributed by atoms with van der Waals surface area (Å²) in [5.74, 6) is -0.137. The number of halogens is 1. The van der Waals surface area contributed by atoms with E-state index in [1.165, 1.54) is 0 Å². The van der Waals surface area contributed by atoms with Gasteiger partial charge in [0.15, 0.2) is 5.11 Å². The lowest BCUT2D eigenvalue weighted by Gasteiger charge is -2.33. The molecule has 0 aliphatic carbocycles. The van der Waals surface area contributed by atoms with E-state index < -0.39 is 0 Å². The van der Waals surface area contributed by atoms with Crippen molar-refractivity contribution < 1.29 is 4.79 Å². The van der Waals surface area contributed by atoms with Crippen molar-refractivity contribution in [3.63, 3.8) is 0 Å². The topological polar surface area (TPSA) is 35.6 Å². The third-order valence-electron chi connectivity index (χ3n) is 3.10. The van der Waals surface area contributed by atoms with Gasteiger partial charge in [0.1, 0.15) is 0 Å². The van der Waals surface area contributed by atoms with Gasteiger partial charge in [-0.25, -0.2) is 0 Å². The summed E-state index contributed by atoms with van der Waals surface area (Å²) in [6, 6.07) is 7.47. The average Bonchev–Trinajstić information content (AvgIpc) is 2.39. The normalized spacial score (nSPS) is 16.2. The van der Waals surface area contributed by atoms with E-state index >= 15 is 0 Å². The highest BCUT2D eigenvalue weighted by Crippen LogP contribution is 2.08. The van der Waals surface area contributed by atoms with Crippen LogP contribution in [0.1, 0.15) is 10.4 Å². The molecule has 1 fully saturated rings. The maximum Gasteiger partial charge on any atom is 0.257 e. The number of amides is 1. The van der Waals surface area contributed by atoms with Crippen LogP contribution < -0.4 is 5.32 Å². The van der Waals surface area contributed by atoms with E-state index in [0.29, 0.717) is 10.7 Å². The minimum atomic E-state index is -0.137. The SMILES string of the molecule is CN1CCN(C(=S)NC(=O)c2cccc(I)c2)CC1. The number of carbonyl (C=O) groups excluding carboxylic acids is 1. The largest absolute Gasteiger partial charge is 0.346 e. The molecule has 1 aliphatic heterocycles. The Kier molecular flexibility index (Phi) is 5.12. The Bertz CT molecular complexity index is 487. The zero-order valence-corrected chi connectivity index (χ0v) is 13.7. The predicted octanol–water partition coefficient (Wildman–Crippen LogP) is 1.55. The van der Waals surface area contributed by atoms with E-state index in [9.17, 15) is 4.79 Å². The molecular weight excluding hydrogens is 373 g/mol. The Hall–Kier alpha value is -0.730. The molecular formula is C13H16IN3OS. The van der Waals surface area contributed by atoms with E-state index in [2.05, 4.69) is 39.9 Å². The number of likely N-dealkylation sites (N-methyl/N-ethyl adjacent to an activating group) is 1. The van der Waals surface area contributed by atoms with Crippen molar-refractivity contribution in [1.29, 1.82) is 0 Å². The van der Waals surface area contributed by atoms with Crippen molar-refractivity contribution in [3.05, 3.63) is 33.4 Å². The first-order valence-electron chi connectivity index (χ1n) is 6.10. The molecule has 1 N–H and O–H groups in total. The second-order valence-electron chi connectivity index (χ2n) is 4.56. The van der Waals surface area contributed by atoms with Gasteiger partial charge in [-0.2, -0.15) is 0 Å². The average molecular weight is 389 g/mol. The van der Waals surface area contributed by atoms with Gasteiger partial charge in [-0.05, 0) is 60.1 Å².